The van der Waals surface area contributed by atoms with Crippen molar-refractivity contribution in [2.75, 3.05) is 11.9 Å². The van der Waals surface area contributed by atoms with Crippen LogP contribution in [0.15, 0.2) is 48.5 Å². The fraction of sp³-hybridized carbons (Fsp3) is 0.188. The molecule has 3 nitrogen and oxygen atoms in total. The Hall–Kier alpha value is -2.14. The molecule has 0 amide bonds. The number of thiocarbonyl (C=S) groups is 1. The van der Waals surface area contributed by atoms with E-state index in [0.717, 1.165) is 17.0 Å². The van der Waals surface area contributed by atoms with E-state index in [1.807, 2.05) is 37.3 Å². The lowest BCUT2D eigenvalue weighted by atomic mass is 10.2. The van der Waals surface area contributed by atoms with E-state index in [-0.39, 0.29) is 5.82 Å². The molecule has 2 rings (SSSR count). The molecule has 0 fully saturated rings. The normalized spacial score (nSPS) is 10.0. The molecule has 21 heavy (non-hydrogen) atoms. The zero-order chi connectivity index (χ0) is 15.1. The predicted molar refractivity (Wildman–Crippen MR) is 87.1 cm³/mol. The van der Waals surface area contributed by atoms with Crippen LogP contribution in [0.5, 0.6) is 5.75 Å². The number of hydrogen-bond donors (Lipinski definition) is 2. The first-order valence-corrected chi connectivity index (χ1v) is 7.10. The maximum absolute atomic E-state index is 13.1. The van der Waals surface area contributed by atoms with E-state index in [0.29, 0.717) is 18.3 Å². The van der Waals surface area contributed by atoms with Crippen LogP contribution in [0.2, 0.25) is 0 Å². The molecule has 5 heteroatoms. The third-order valence-electron chi connectivity index (χ3n) is 2.75. The summed E-state index contributed by atoms with van der Waals surface area (Å²) in [6.07, 6.45) is 0. The number of anilines is 1. The summed E-state index contributed by atoms with van der Waals surface area (Å²) < 4.78 is 18.5. The third-order valence-corrected chi connectivity index (χ3v) is 2.99. The van der Waals surface area contributed by atoms with Crippen LogP contribution in [0.4, 0.5) is 10.1 Å². The second kappa shape index (κ2) is 7.59. The molecule has 0 saturated carbocycles. The molecular weight excluding hydrogens is 287 g/mol. The van der Waals surface area contributed by atoms with Crippen molar-refractivity contribution in [1.29, 1.82) is 0 Å². The van der Waals surface area contributed by atoms with Crippen molar-refractivity contribution in [3.8, 4) is 5.75 Å². The minimum Gasteiger partial charge on any atom is -0.494 e. The topological polar surface area (TPSA) is 33.3 Å². The van der Waals surface area contributed by atoms with Gasteiger partial charge in [0.1, 0.15) is 11.6 Å². The van der Waals surface area contributed by atoms with E-state index in [9.17, 15) is 4.39 Å². The fourth-order valence-corrected chi connectivity index (χ4v) is 2.02. The fourth-order valence-electron chi connectivity index (χ4n) is 1.83. The van der Waals surface area contributed by atoms with Gasteiger partial charge in [0, 0.05) is 18.3 Å². The number of hydrogen-bond acceptors (Lipinski definition) is 2. The molecule has 0 unspecified atom stereocenters. The summed E-state index contributed by atoms with van der Waals surface area (Å²) in [6.45, 7) is 3.02. The number of nitrogens with one attached hydrogen (secondary N) is 2. The summed E-state index contributed by atoms with van der Waals surface area (Å²) in [4.78, 5) is 0. The predicted octanol–water partition coefficient (Wildman–Crippen LogP) is 3.71. The van der Waals surface area contributed by atoms with Crippen LogP contribution in [-0.2, 0) is 6.54 Å². The number of rotatable bonds is 5. The first-order chi connectivity index (χ1) is 10.2. The largest absolute Gasteiger partial charge is 0.494 e. The SMILES string of the molecule is CCOc1cccc(NC(=S)NCc2cccc(F)c2)c1. The second-order valence-corrected chi connectivity index (χ2v) is 4.81. The Morgan fingerprint density at radius 3 is 2.76 bits per heavy atom. The van der Waals surface area contributed by atoms with Gasteiger partial charge >= 0.3 is 0 Å². The lowest BCUT2D eigenvalue weighted by molar-refractivity contribution is 0.340. The Kier molecular flexibility index (Phi) is 5.51. The highest BCUT2D eigenvalue weighted by molar-refractivity contribution is 7.80. The van der Waals surface area contributed by atoms with Gasteiger partial charge in [-0.15, -0.1) is 0 Å². The Labute approximate surface area is 129 Å². The standard InChI is InChI=1S/C16H17FN2OS/c1-2-20-15-8-4-7-14(10-15)19-16(21)18-11-12-5-3-6-13(17)9-12/h3-10H,2,11H2,1H3,(H2,18,19,21). The van der Waals surface area contributed by atoms with E-state index < -0.39 is 0 Å². The van der Waals surface area contributed by atoms with Gasteiger partial charge in [-0.05, 0) is 49.0 Å². The summed E-state index contributed by atoms with van der Waals surface area (Å²) in [6, 6.07) is 14.0. The minimum absolute atomic E-state index is 0.252. The summed E-state index contributed by atoms with van der Waals surface area (Å²) in [5, 5.41) is 6.59. The van der Waals surface area contributed by atoms with Gasteiger partial charge in [0.25, 0.3) is 0 Å². The van der Waals surface area contributed by atoms with Crippen LogP contribution < -0.4 is 15.4 Å². The molecule has 0 heterocycles. The Morgan fingerprint density at radius 2 is 2.00 bits per heavy atom. The highest BCUT2D eigenvalue weighted by Crippen LogP contribution is 2.17. The van der Waals surface area contributed by atoms with Gasteiger partial charge in [-0.2, -0.15) is 0 Å². The van der Waals surface area contributed by atoms with Crippen LogP contribution >= 0.6 is 12.2 Å². The molecule has 0 aromatic heterocycles. The van der Waals surface area contributed by atoms with E-state index in [1.165, 1.54) is 12.1 Å². The van der Waals surface area contributed by atoms with Crippen molar-refractivity contribution in [2.45, 2.75) is 13.5 Å². The van der Waals surface area contributed by atoms with Gasteiger partial charge in [-0.25, -0.2) is 4.39 Å². The Bertz CT molecular complexity index is 619. The van der Waals surface area contributed by atoms with Crippen LogP contribution in [0, 0.1) is 5.82 Å². The first-order valence-electron chi connectivity index (χ1n) is 6.69. The van der Waals surface area contributed by atoms with Crippen LogP contribution in [0.25, 0.3) is 0 Å². The molecule has 0 aliphatic carbocycles. The number of halogens is 1. The van der Waals surface area contributed by atoms with Gasteiger partial charge in [0.15, 0.2) is 5.11 Å². The van der Waals surface area contributed by atoms with Crippen molar-refractivity contribution < 1.29 is 9.13 Å². The van der Waals surface area contributed by atoms with E-state index >= 15 is 0 Å². The molecule has 0 atom stereocenters. The van der Waals surface area contributed by atoms with Crippen molar-refractivity contribution in [2.24, 2.45) is 0 Å². The minimum atomic E-state index is -0.252. The van der Waals surface area contributed by atoms with Crippen LogP contribution in [-0.4, -0.2) is 11.7 Å². The number of benzene rings is 2. The van der Waals surface area contributed by atoms with E-state index in [2.05, 4.69) is 10.6 Å². The average Bonchev–Trinajstić information content (AvgIpc) is 2.46. The van der Waals surface area contributed by atoms with E-state index in [4.69, 9.17) is 17.0 Å². The van der Waals surface area contributed by atoms with Gasteiger partial charge < -0.3 is 15.4 Å². The number of ether oxygens (including phenoxy) is 1. The zero-order valence-corrected chi connectivity index (χ0v) is 12.5. The highest BCUT2D eigenvalue weighted by Gasteiger charge is 2.01. The molecular formula is C16H17FN2OS. The molecule has 0 aliphatic rings. The molecule has 2 N–H and O–H groups in total. The molecule has 110 valence electrons. The van der Waals surface area contributed by atoms with Crippen LogP contribution in [0.3, 0.4) is 0 Å². The van der Waals surface area contributed by atoms with Crippen molar-refractivity contribution in [1.82, 2.24) is 5.32 Å². The maximum Gasteiger partial charge on any atom is 0.171 e. The molecule has 0 bridgehead atoms. The van der Waals surface area contributed by atoms with Crippen LogP contribution in [0.1, 0.15) is 12.5 Å². The van der Waals surface area contributed by atoms with Crippen molar-refractivity contribution in [3.63, 3.8) is 0 Å². The molecule has 0 spiro atoms. The molecule has 2 aromatic rings. The third kappa shape index (κ3) is 5.04. The average molecular weight is 304 g/mol. The summed E-state index contributed by atoms with van der Waals surface area (Å²) in [5.74, 6) is 0.535. The van der Waals surface area contributed by atoms with Gasteiger partial charge in [0.05, 0.1) is 6.61 Å². The molecule has 0 saturated heterocycles. The molecule has 2 aromatic carbocycles. The summed E-state index contributed by atoms with van der Waals surface area (Å²) in [7, 11) is 0. The van der Waals surface area contributed by atoms with Gasteiger partial charge in [-0.1, -0.05) is 18.2 Å². The van der Waals surface area contributed by atoms with Crippen molar-refractivity contribution in [3.05, 3.63) is 59.9 Å². The summed E-state index contributed by atoms with van der Waals surface area (Å²) in [5.41, 5.74) is 1.68. The quantitative estimate of drug-likeness (QED) is 0.825. The molecule has 0 radical (unpaired) electrons. The lowest BCUT2D eigenvalue weighted by Gasteiger charge is -2.12. The van der Waals surface area contributed by atoms with Crippen molar-refractivity contribution >= 4 is 23.0 Å². The lowest BCUT2D eigenvalue weighted by Crippen LogP contribution is -2.27. The Balaban J connectivity index is 1.88. The second-order valence-electron chi connectivity index (χ2n) is 4.40. The Morgan fingerprint density at radius 1 is 1.19 bits per heavy atom. The maximum atomic E-state index is 13.1. The van der Waals surface area contributed by atoms with E-state index in [1.54, 1.807) is 6.07 Å². The molecule has 0 aliphatic heterocycles. The van der Waals surface area contributed by atoms with Gasteiger partial charge in [-0.3, -0.25) is 0 Å². The monoisotopic (exact) mass is 304 g/mol. The summed E-state index contributed by atoms with van der Waals surface area (Å²) >= 11 is 5.22. The first kappa shape index (κ1) is 15.3. The van der Waals surface area contributed by atoms with Gasteiger partial charge in [0.2, 0.25) is 0 Å². The highest BCUT2D eigenvalue weighted by atomic mass is 32.1. The zero-order valence-electron chi connectivity index (χ0n) is 11.7. The smallest absolute Gasteiger partial charge is 0.171 e.